The minimum absolute atomic E-state index is 0.0193. The van der Waals surface area contributed by atoms with E-state index in [2.05, 4.69) is 43.4 Å². The Hall–Kier alpha value is -2.64. The summed E-state index contributed by atoms with van der Waals surface area (Å²) in [5.41, 5.74) is 4.82. The molecule has 0 atom stereocenters. The van der Waals surface area contributed by atoms with E-state index >= 15 is 0 Å². The molecule has 0 aliphatic carbocycles. The molecule has 5 heterocycles. The van der Waals surface area contributed by atoms with Crippen LogP contribution in [0.3, 0.4) is 0 Å². The van der Waals surface area contributed by atoms with E-state index in [0.29, 0.717) is 12.4 Å². The molecule has 0 amide bonds. The van der Waals surface area contributed by atoms with E-state index in [1.165, 1.54) is 4.88 Å². The van der Waals surface area contributed by atoms with Crippen molar-refractivity contribution in [1.29, 1.82) is 0 Å². The van der Waals surface area contributed by atoms with Crippen LogP contribution >= 0.6 is 11.3 Å². The van der Waals surface area contributed by atoms with E-state index in [1.54, 1.807) is 11.3 Å². The highest BCUT2D eigenvalue weighted by molar-refractivity contribution is 7.13. The van der Waals surface area contributed by atoms with Crippen LogP contribution in [0, 0.1) is 0 Å². The molecule has 3 aromatic rings. The van der Waals surface area contributed by atoms with Crippen molar-refractivity contribution in [2.24, 2.45) is 4.99 Å². The lowest BCUT2D eigenvalue weighted by atomic mass is 10.0. The number of aromatic amines is 1. The Bertz CT molecular complexity index is 1090. The molecule has 0 aromatic carbocycles. The first-order valence-corrected chi connectivity index (χ1v) is 11.0. The zero-order valence-corrected chi connectivity index (χ0v) is 17.0. The molecule has 2 aliphatic rings. The molecule has 0 fully saturated rings. The summed E-state index contributed by atoms with van der Waals surface area (Å²) in [4.78, 5) is 33.1. The van der Waals surface area contributed by atoms with Crippen LogP contribution in [0.1, 0.15) is 41.9 Å². The van der Waals surface area contributed by atoms with Crippen molar-refractivity contribution in [2.75, 3.05) is 13.1 Å². The molecule has 148 valence electrons. The van der Waals surface area contributed by atoms with Gasteiger partial charge in [0.2, 0.25) is 0 Å². The summed E-state index contributed by atoms with van der Waals surface area (Å²) in [5, 5.41) is 2.06. The van der Waals surface area contributed by atoms with E-state index in [9.17, 15) is 4.79 Å². The maximum absolute atomic E-state index is 12.7. The lowest BCUT2D eigenvalue weighted by molar-refractivity contribution is 0.241. The van der Waals surface area contributed by atoms with Crippen molar-refractivity contribution < 1.29 is 0 Å². The Morgan fingerprint density at radius 3 is 2.90 bits per heavy atom. The number of thiophene rings is 1. The standard InChI is InChI=1S/C22H23N5OS/c28-22-16-14-27(13-15-6-7-18(24-12-15)20-5-3-11-29-20)10-8-17(16)25-21(26-22)19-4-1-2-9-23-19/h3,5-7,11-12H,1-2,4,8-10,13-14H2,(H,25,26,28). The molecule has 6 nitrogen and oxygen atoms in total. The van der Waals surface area contributed by atoms with Crippen LogP contribution < -0.4 is 5.56 Å². The molecular formula is C22H23N5OS. The Kier molecular flexibility index (Phi) is 5.08. The van der Waals surface area contributed by atoms with Gasteiger partial charge in [0.25, 0.3) is 5.56 Å². The number of fused-ring (bicyclic) bond motifs is 1. The topological polar surface area (TPSA) is 74.2 Å². The van der Waals surface area contributed by atoms with Gasteiger partial charge in [-0.25, -0.2) is 4.98 Å². The summed E-state index contributed by atoms with van der Waals surface area (Å²) in [6.07, 6.45) is 5.88. The SMILES string of the molecule is O=c1[nH]c(C2=NCCCC2)nc2c1CN(Cc1ccc(-c3cccs3)nc1)CC2. The first-order chi connectivity index (χ1) is 14.3. The first kappa shape index (κ1) is 18.4. The van der Waals surface area contributed by atoms with Crippen LogP contribution in [0.2, 0.25) is 0 Å². The molecule has 0 unspecified atom stereocenters. The average Bonchev–Trinajstić information content (AvgIpc) is 3.30. The predicted octanol–water partition coefficient (Wildman–Crippen LogP) is 3.42. The van der Waals surface area contributed by atoms with Gasteiger partial charge in [-0.3, -0.25) is 19.7 Å². The van der Waals surface area contributed by atoms with Gasteiger partial charge in [-0.05, 0) is 42.3 Å². The summed E-state index contributed by atoms with van der Waals surface area (Å²) < 4.78 is 0. The number of H-pyrrole nitrogens is 1. The van der Waals surface area contributed by atoms with Crippen molar-refractivity contribution in [3.05, 3.63) is 68.8 Å². The number of aromatic nitrogens is 3. The molecule has 0 bridgehead atoms. The number of rotatable bonds is 4. The molecular weight excluding hydrogens is 382 g/mol. The van der Waals surface area contributed by atoms with Gasteiger partial charge in [-0.2, -0.15) is 0 Å². The first-order valence-electron chi connectivity index (χ1n) is 10.1. The second kappa shape index (κ2) is 8.00. The van der Waals surface area contributed by atoms with Crippen molar-refractivity contribution >= 4 is 17.0 Å². The summed E-state index contributed by atoms with van der Waals surface area (Å²) >= 11 is 1.70. The van der Waals surface area contributed by atoms with Crippen molar-refractivity contribution in [1.82, 2.24) is 19.9 Å². The van der Waals surface area contributed by atoms with Gasteiger partial charge >= 0.3 is 0 Å². The third-order valence-corrected chi connectivity index (χ3v) is 6.44. The maximum atomic E-state index is 12.7. The van der Waals surface area contributed by atoms with Gasteiger partial charge < -0.3 is 4.98 Å². The molecule has 0 radical (unpaired) electrons. The van der Waals surface area contributed by atoms with Gasteiger partial charge in [0.1, 0.15) is 0 Å². The van der Waals surface area contributed by atoms with E-state index in [0.717, 1.165) is 73.5 Å². The summed E-state index contributed by atoms with van der Waals surface area (Å²) in [6, 6.07) is 8.33. The second-order valence-corrected chi connectivity index (χ2v) is 8.56. The molecule has 1 N–H and O–H groups in total. The van der Waals surface area contributed by atoms with Crippen molar-refractivity contribution in [3.63, 3.8) is 0 Å². The molecule has 2 aliphatic heterocycles. The summed E-state index contributed by atoms with van der Waals surface area (Å²) in [7, 11) is 0. The minimum atomic E-state index is -0.0193. The fourth-order valence-electron chi connectivity index (χ4n) is 3.99. The van der Waals surface area contributed by atoms with Crippen molar-refractivity contribution in [2.45, 2.75) is 38.8 Å². The smallest absolute Gasteiger partial charge is 0.255 e. The number of aliphatic imine (C=N–C) groups is 1. The maximum Gasteiger partial charge on any atom is 0.255 e. The minimum Gasteiger partial charge on any atom is -0.305 e. The number of hydrogen-bond acceptors (Lipinski definition) is 6. The Morgan fingerprint density at radius 2 is 2.14 bits per heavy atom. The van der Waals surface area contributed by atoms with Gasteiger partial charge in [0.05, 0.1) is 27.5 Å². The fraction of sp³-hybridized carbons (Fsp3) is 0.364. The molecule has 0 saturated carbocycles. The normalized spacial score (nSPS) is 17.0. The van der Waals surface area contributed by atoms with E-state index in [4.69, 9.17) is 4.98 Å². The van der Waals surface area contributed by atoms with Crippen LogP contribution in [0.4, 0.5) is 0 Å². The highest BCUT2D eigenvalue weighted by Crippen LogP contribution is 2.23. The van der Waals surface area contributed by atoms with Crippen LogP contribution in [0.15, 0.2) is 45.6 Å². The van der Waals surface area contributed by atoms with Crippen LogP contribution in [-0.4, -0.2) is 38.7 Å². The molecule has 0 spiro atoms. The van der Waals surface area contributed by atoms with Crippen LogP contribution in [0.5, 0.6) is 0 Å². The van der Waals surface area contributed by atoms with Crippen LogP contribution in [0.25, 0.3) is 10.6 Å². The van der Waals surface area contributed by atoms with Crippen molar-refractivity contribution in [3.8, 4) is 10.6 Å². The lowest BCUT2D eigenvalue weighted by Gasteiger charge is -2.27. The van der Waals surface area contributed by atoms with E-state index in [1.807, 2.05) is 12.3 Å². The predicted molar refractivity (Wildman–Crippen MR) is 115 cm³/mol. The fourth-order valence-corrected chi connectivity index (χ4v) is 4.69. The number of pyridine rings is 1. The third-order valence-electron chi connectivity index (χ3n) is 5.55. The average molecular weight is 406 g/mol. The van der Waals surface area contributed by atoms with Gasteiger partial charge in [-0.15, -0.1) is 11.3 Å². The largest absolute Gasteiger partial charge is 0.305 e. The highest BCUT2D eigenvalue weighted by Gasteiger charge is 2.22. The van der Waals surface area contributed by atoms with E-state index in [-0.39, 0.29) is 5.56 Å². The van der Waals surface area contributed by atoms with E-state index < -0.39 is 0 Å². The van der Waals surface area contributed by atoms with Crippen LogP contribution in [-0.2, 0) is 19.5 Å². The monoisotopic (exact) mass is 405 g/mol. The number of hydrogen-bond donors (Lipinski definition) is 1. The highest BCUT2D eigenvalue weighted by atomic mass is 32.1. The number of nitrogens with zero attached hydrogens (tertiary/aromatic N) is 4. The van der Waals surface area contributed by atoms with Gasteiger partial charge in [0, 0.05) is 38.8 Å². The number of nitrogens with one attached hydrogen (secondary N) is 1. The van der Waals surface area contributed by atoms with Gasteiger partial charge in [-0.1, -0.05) is 12.1 Å². The Labute approximate surface area is 173 Å². The molecule has 0 saturated heterocycles. The quantitative estimate of drug-likeness (QED) is 0.722. The molecule has 29 heavy (non-hydrogen) atoms. The molecule has 7 heteroatoms. The zero-order chi connectivity index (χ0) is 19.6. The summed E-state index contributed by atoms with van der Waals surface area (Å²) in [6.45, 7) is 3.13. The second-order valence-electron chi connectivity index (χ2n) is 7.61. The molecule has 3 aromatic heterocycles. The zero-order valence-electron chi connectivity index (χ0n) is 16.2. The molecule has 5 rings (SSSR count). The van der Waals surface area contributed by atoms with Gasteiger partial charge in [0.15, 0.2) is 5.82 Å². The Balaban J connectivity index is 1.31. The Morgan fingerprint density at radius 1 is 1.17 bits per heavy atom. The third kappa shape index (κ3) is 3.93. The summed E-state index contributed by atoms with van der Waals surface area (Å²) in [5.74, 6) is 0.676. The lowest BCUT2D eigenvalue weighted by Crippen LogP contribution is -2.36.